The Bertz CT molecular complexity index is 583. The predicted molar refractivity (Wildman–Crippen MR) is 81.1 cm³/mol. The summed E-state index contributed by atoms with van der Waals surface area (Å²) in [6, 6.07) is 7.24. The highest BCUT2D eigenvalue weighted by atomic mass is 32.1. The van der Waals surface area contributed by atoms with Crippen LogP contribution in [0.5, 0.6) is 5.75 Å². The van der Waals surface area contributed by atoms with Crippen LogP contribution in [0.4, 0.5) is 10.8 Å². The highest BCUT2D eigenvalue weighted by Crippen LogP contribution is 2.17. The number of thiazole rings is 1. The molecule has 3 N–H and O–H groups in total. The summed E-state index contributed by atoms with van der Waals surface area (Å²) in [5.74, 6) is 0.677. The van der Waals surface area contributed by atoms with Crippen molar-refractivity contribution in [3.8, 4) is 5.75 Å². The summed E-state index contributed by atoms with van der Waals surface area (Å²) in [5, 5.41) is 3.41. The fraction of sp³-hybridized carbons (Fsp3) is 0.286. The normalized spacial score (nSPS) is 10.2. The number of nitrogens with zero attached hydrogens (tertiary/aromatic N) is 1. The van der Waals surface area contributed by atoms with Crippen molar-refractivity contribution in [3.63, 3.8) is 0 Å². The van der Waals surface area contributed by atoms with Gasteiger partial charge in [0.1, 0.15) is 5.75 Å². The molecule has 5 nitrogen and oxygen atoms in total. The Morgan fingerprint density at radius 3 is 3.05 bits per heavy atom. The van der Waals surface area contributed by atoms with E-state index >= 15 is 0 Å². The van der Waals surface area contributed by atoms with Gasteiger partial charge < -0.3 is 15.8 Å². The zero-order chi connectivity index (χ0) is 14.4. The molecular weight excluding hydrogens is 274 g/mol. The highest BCUT2D eigenvalue weighted by Gasteiger charge is 2.05. The molecule has 1 amide bonds. The number of nitrogen functional groups attached to an aromatic ring is 1. The molecule has 0 unspecified atom stereocenters. The van der Waals surface area contributed by atoms with E-state index in [2.05, 4.69) is 10.3 Å². The first-order chi connectivity index (χ1) is 9.63. The van der Waals surface area contributed by atoms with Crippen LogP contribution in [0.25, 0.3) is 0 Å². The average molecular weight is 291 g/mol. The van der Waals surface area contributed by atoms with Crippen LogP contribution in [0.15, 0.2) is 30.5 Å². The van der Waals surface area contributed by atoms with Gasteiger partial charge >= 0.3 is 0 Å². The van der Waals surface area contributed by atoms with Gasteiger partial charge in [-0.2, -0.15) is 0 Å². The highest BCUT2D eigenvalue weighted by molar-refractivity contribution is 7.15. The minimum Gasteiger partial charge on any atom is -0.494 e. The van der Waals surface area contributed by atoms with Crippen LogP contribution in [0.3, 0.4) is 0 Å². The van der Waals surface area contributed by atoms with Crippen LogP contribution >= 0.6 is 11.3 Å². The Labute approximate surface area is 121 Å². The zero-order valence-corrected chi connectivity index (χ0v) is 12.1. The van der Waals surface area contributed by atoms with Gasteiger partial charge in [-0.05, 0) is 25.5 Å². The fourth-order valence-corrected chi connectivity index (χ4v) is 2.30. The summed E-state index contributed by atoms with van der Waals surface area (Å²) in [7, 11) is 0. The van der Waals surface area contributed by atoms with Gasteiger partial charge in [-0.3, -0.25) is 4.79 Å². The number of hydrogen-bond donors (Lipinski definition) is 2. The lowest BCUT2D eigenvalue weighted by Gasteiger charge is -2.06. The van der Waals surface area contributed by atoms with Gasteiger partial charge in [0.15, 0.2) is 5.13 Å². The van der Waals surface area contributed by atoms with Crippen molar-refractivity contribution in [3.05, 3.63) is 35.3 Å². The summed E-state index contributed by atoms with van der Waals surface area (Å²) >= 11 is 1.47. The van der Waals surface area contributed by atoms with E-state index in [1.807, 2.05) is 19.1 Å². The molecule has 0 radical (unpaired) electrons. The van der Waals surface area contributed by atoms with E-state index in [0.29, 0.717) is 30.3 Å². The van der Waals surface area contributed by atoms with E-state index in [0.717, 1.165) is 10.6 Å². The number of benzene rings is 1. The molecule has 0 bridgehead atoms. The molecule has 1 aromatic carbocycles. The lowest BCUT2D eigenvalue weighted by Crippen LogP contribution is -2.12. The predicted octanol–water partition coefficient (Wildman–Crippen LogP) is 2.83. The Morgan fingerprint density at radius 2 is 2.35 bits per heavy atom. The van der Waals surface area contributed by atoms with Crippen LogP contribution in [-0.4, -0.2) is 17.5 Å². The Balaban J connectivity index is 1.67. The molecular formula is C14H17N3O2S. The minimum atomic E-state index is -0.0458. The number of carbonyl (C=O) groups excluding carboxylic acids is 1. The molecule has 106 valence electrons. The first-order valence-electron chi connectivity index (χ1n) is 6.34. The van der Waals surface area contributed by atoms with Gasteiger partial charge in [0, 0.05) is 29.2 Å². The number of hydrogen-bond acceptors (Lipinski definition) is 5. The Kier molecular flexibility index (Phi) is 4.95. The second kappa shape index (κ2) is 6.91. The van der Waals surface area contributed by atoms with Gasteiger partial charge in [-0.1, -0.05) is 6.07 Å². The molecule has 0 saturated heterocycles. The molecule has 0 saturated carbocycles. The number of ether oxygens (including phenoxy) is 1. The first kappa shape index (κ1) is 14.3. The molecule has 0 spiro atoms. The van der Waals surface area contributed by atoms with Crippen molar-refractivity contribution in [1.29, 1.82) is 0 Å². The molecule has 6 heteroatoms. The van der Waals surface area contributed by atoms with Crippen molar-refractivity contribution in [1.82, 2.24) is 4.98 Å². The van der Waals surface area contributed by atoms with Gasteiger partial charge in [0.2, 0.25) is 5.91 Å². The molecule has 20 heavy (non-hydrogen) atoms. The van der Waals surface area contributed by atoms with Crippen LogP contribution in [0, 0.1) is 6.92 Å². The van der Waals surface area contributed by atoms with E-state index in [-0.39, 0.29) is 5.91 Å². The van der Waals surface area contributed by atoms with Crippen molar-refractivity contribution >= 4 is 28.1 Å². The van der Waals surface area contributed by atoms with E-state index in [4.69, 9.17) is 10.5 Å². The lowest BCUT2D eigenvalue weighted by atomic mass is 10.3. The van der Waals surface area contributed by atoms with Crippen molar-refractivity contribution in [2.45, 2.75) is 19.8 Å². The topological polar surface area (TPSA) is 77.2 Å². The van der Waals surface area contributed by atoms with Gasteiger partial charge in [-0.15, -0.1) is 11.3 Å². The Hall–Kier alpha value is -2.08. The Morgan fingerprint density at radius 1 is 1.50 bits per heavy atom. The van der Waals surface area contributed by atoms with Crippen LogP contribution in [0.1, 0.15) is 17.7 Å². The summed E-state index contributed by atoms with van der Waals surface area (Å²) in [4.78, 5) is 16.8. The first-order valence-corrected chi connectivity index (χ1v) is 7.16. The van der Waals surface area contributed by atoms with Gasteiger partial charge in [0.05, 0.1) is 6.61 Å². The largest absolute Gasteiger partial charge is 0.494 e. The van der Waals surface area contributed by atoms with E-state index in [1.54, 1.807) is 18.3 Å². The van der Waals surface area contributed by atoms with Gasteiger partial charge in [-0.25, -0.2) is 4.98 Å². The molecule has 1 heterocycles. The van der Waals surface area contributed by atoms with E-state index < -0.39 is 0 Å². The van der Waals surface area contributed by atoms with E-state index in [9.17, 15) is 4.79 Å². The molecule has 0 aliphatic carbocycles. The number of aryl methyl sites for hydroxylation is 1. The number of nitrogens with two attached hydrogens (primary N) is 1. The van der Waals surface area contributed by atoms with Crippen molar-refractivity contribution in [2.24, 2.45) is 0 Å². The number of nitrogens with one attached hydrogen (secondary N) is 1. The summed E-state index contributed by atoms with van der Waals surface area (Å²) in [6.45, 7) is 2.43. The third kappa shape index (κ3) is 4.55. The van der Waals surface area contributed by atoms with Crippen LogP contribution in [0.2, 0.25) is 0 Å². The summed E-state index contributed by atoms with van der Waals surface area (Å²) in [6.07, 6.45) is 2.79. The smallest absolute Gasteiger partial charge is 0.226 e. The number of aromatic nitrogens is 1. The quantitative estimate of drug-likeness (QED) is 0.633. The second-order valence-corrected chi connectivity index (χ2v) is 5.58. The number of amides is 1. The second-order valence-electron chi connectivity index (χ2n) is 4.35. The maximum atomic E-state index is 11.7. The van der Waals surface area contributed by atoms with Gasteiger partial charge in [0.25, 0.3) is 0 Å². The molecule has 0 aliphatic heterocycles. The standard InChI is InChI=1S/C14H17N3O2S/c1-10-9-16-14(20-10)17-13(18)6-3-7-19-12-5-2-4-11(15)8-12/h2,4-5,8-9H,3,6-7,15H2,1H3,(H,16,17,18). The number of anilines is 2. The number of carbonyl (C=O) groups is 1. The SMILES string of the molecule is Cc1cnc(NC(=O)CCCOc2cccc(N)c2)s1. The van der Waals surface area contributed by atoms with E-state index in [1.165, 1.54) is 11.3 Å². The third-order valence-corrected chi connectivity index (χ3v) is 3.37. The van der Waals surface area contributed by atoms with Crippen LogP contribution in [-0.2, 0) is 4.79 Å². The minimum absolute atomic E-state index is 0.0458. The monoisotopic (exact) mass is 291 g/mol. The average Bonchev–Trinajstić information content (AvgIpc) is 2.80. The summed E-state index contributed by atoms with van der Waals surface area (Å²) in [5.41, 5.74) is 6.32. The van der Waals surface area contributed by atoms with Crippen molar-refractivity contribution in [2.75, 3.05) is 17.7 Å². The number of rotatable bonds is 6. The maximum absolute atomic E-state index is 11.7. The maximum Gasteiger partial charge on any atom is 0.226 e. The molecule has 0 aliphatic rings. The molecule has 2 rings (SSSR count). The molecule has 0 fully saturated rings. The zero-order valence-electron chi connectivity index (χ0n) is 11.3. The molecule has 1 aromatic heterocycles. The fourth-order valence-electron chi connectivity index (χ4n) is 1.62. The van der Waals surface area contributed by atoms with Crippen LogP contribution < -0.4 is 15.8 Å². The van der Waals surface area contributed by atoms with Crippen molar-refractivity contribution < 1.29 is 9.53 Å². The molecule has 0 atom stereocenters. The summed E-state index contributed by atoms with van der Waals surface area (Å²) < 4.78 is 5.52. The third-order valence-electron chi connectivity index (χ3n) is 2.54. The lowest BCUT2D eigenvalue weighted by molar-refractivity contribution is -0.116. The molecule has 2 aromatic rings.